The molecule has 5 heteroatoms. The fourth-order valence-electron chi connectivity index (χ4n) is 1.48. The Kier molecular flexibility index (Phi) is 3.22. The largest absolute Gasteiger partial charge is 0.324 e. The van der Waals surface area contributed by atoms with Gasteiger partial charge in [0.2, 0.25) is 0 Å². The Morgan fingerprint density at radius 2 is 1.88 bits per heavy atom. The maximum Gasteiger partial charge on any atom is 0.167 e. The van der Waals surface area contributed by atoms with Crippen molar-refractivity contribution in [2.45, 2.75) is 13.0 Å². The molecule has 2 aromatic rings. The second kappa shape index (κ2) is 4.50. The van der Waals surface area contributed by atoms with E-state index in [1.165, 1.54) is 11.3 Å². The summed E-state index contributed by atoms with van der Waals surface area (Å²) in [4.78, 5) is 1.30. The number of nitrogens with two attached hydrogens (primary N) is 1. The summed E-state index contributed by atoms with van der Waals surface area (Å²) in [6.07, 6.45) is 0. The Hall–Kier alpha value is -1.33. The lowest BCUT2D eigenvalue weighted by molar-refractivity contribution is 0.498. The van der Waals surface area contributed by atoms with Crippen LogP contribution in [0.1, 0.15) is 17.8 Å². The lowest BCUT2D eigenvalue weighted by Crippen LogP contribution is -2.01. The summed E-state index contributed by atoms with van der Waals surface area (Å²) in [6, 6.07) is 4.66. The molecule has 1 aromatic heterocycles. The first-order valence-electron chi connectivity index (χ1n) is 4.99. The Balaban J connectivity index is 2.52. The van der Waals surface area contributed by atoms with Crippen LogP contribution in [0, 0.1) is 17.5 Å². The van der Waals surface area contributed by atoms with Gasteiger partial charge in [0, 0.05) is 27.4 Å². The van der Waals surface area contributed by atoms with Crippen molar-refractivity contribution in [1.82, 2.24) is 0 Å². The molecule has 0 aliphatic carbocycles. The molecular formula is C12H10F3NS. The van der Waals surface area contributed by atoms with Gasteiger partial charge in [0.05, 0.1) is 0 Å². The van der Waals surface area contributed by atoms with E-state index in [0.29, 0.717) is 10.9 Å². The van der Waals surface area contributed by atoms with Crippen LogP contribution in [-0.2, 0) is 0 Å². The molecule has 0 aliphatic rings. The monoisotopic (exact) mass is 257 g/mol. The molecule has 0 saturated heterocycles. The summed E-state index contributed by atoms with van der Waals surface area (Å²) in [7, 11) is 0. The van der Waals surface area contributed by atoms with Crippen molar-refractivity contribution in [1.29, 1.82) is 0 Å². The number of hydrogen-bond acceptors (Lipinski definition) is 2. The van der Waals surface area contributed by atoms with Gasteiger partial charge in [0.1, 0.15) is 5.82 Å². The number of hydrogen-bond donors (Lipinski definition) is 1. The van der Waals surface area contributed by atoms with E-state index in [2.05, 4.69) is 0 Å². The minimum atomic E-state index is -1.18. The van der Waals surface area contributed by atoms with E-state index < -0.39 is 17.5 Å². The van der Waals surface area contributed by atoms with Crippen molar-refractivity contribution in [2.24, 2.45) is 5.73 Å². The van der Waals surface area contributed by atoms with Gasteiger partial charge in [0.15, 0.2) is 11.6 Å². The molecule has 1 atom stereocenters. The van der Waals surface area contributed by atoms with Crippen molar-refractivity contribution in [3.05, 3.63) is 46.6 Å². The number of thiophene rings is 1. The van der Waals surface area contributed by atoms with E-state index in [9.17, 15) is 13.2 Å². The quantitative estimate of drug-likeness (QED) is 0.812. The molecule has 1 nitrogen and oxygen atoms in total. The number of rotatable bonds is 2. The molecule has 0 saturated carbocycles. The first-order valence-corrected chi connectivity index (χ1v) is 5.81. The number of halogens is 3. The zero-order valence-corrected chi connectivity index (χ0v) is 9.82. The normalized spacial score (nSPS) is 12.8. The standard InChI is InChI=1S/C12H10F3NS/c1-6(16)10-2-3-11(17-10)8-4-7(13)5-9(14)12(8)15/h2-6H,16H2,1H3. The molecule has 1 aromatic carbocycles. The van der Waals surface area contributed by atoms with Gasteiger partial charge in [-0.05, 0) is 25.1 Å². The third-order valence-corrected chi connectivity index (χ3v) is 3.65. The van der Waals surface area contributed by atoms with Crippen LogP contribution in [0.2, 0.25) is 0 Å². The molecule has 17 heavy (non-hydrogen) atoms. The van der Waals surface area contributed by atoms with E-state index in [1.54, 1.807) is 19.1 Å². The van der Waals surface area contributed by atoms with Crippen LogP contribution in [0.25, 0.3) is 10.4 Å². The first-order chi connectivity index (χ1) is 7.99. The van der Waals surface area contributed by atoms with Gasteiger partial charge < -0.3 is 5.73 Å². The lowest BCUT2D eigenvalue weighted by atomic mass is 10.1. The SMILES string of the molecule is CC(N)c1ccc(-c2cc(F)cc(F)c2F)s1. The van der Waals surface area contributed by atoms with Crippen LogP contribution < -0.4 is 5.73 Å². The van der Waals surface area contributed by atoms with E-state index in [1.807, 2.05) is 0 Å². The van der Waals surface area contributed by atoms with Crippen molar-refractivity contribution < 1.29 is 13.2 Å². The highest BCUT2D eigenvalue weighted by atomic mass is 32.1. The van der Waals surface area contributed by atoms with Gasteiger partial charge >= 0.3 is 0 Å². The summed E-state index contributed by atoms with van der Waals surface area (Å²) in [5.74, 6) is -3.02. The zero-order valence-electron chi connectivity index (χ0n) is 9.01. The molecule has 0 bridgehead atoms. The molecule has 2 rings (SSSR count). The zero-order chi connectivity index (χ0) is 12.6. The summed E-state index contributed by atoms with van der Waals surface area (Å²) in [5.41, 5.74) is 5.60. The van der Waals surface area contributed by atoms with E-state index in [0.717, 1.165) is 10.9 Å². The van der Waals surface area contributed by atoms with Gasteiger partial charge in [-0.3, -0.25) is 0 Å². The van der Waals surface area contributed by atoms with Crippen molar-refractivity contribution >= 4 is 11.3 Å². The Labute approximate surface area is 101 Å². The fourth-order valence-corrected chi connectivity index (χ4v) is 2.45. The van der Waals surface area contributed by atoms with Crippen LogP contribution in [-0.4, -0.2) is 0 Å². The Morgan fingerprint density at radius 3 is 2.47 bits per heavy atom. The van der Waals surface area contributed by atoms with Crippen molar-refractivity contribution in [2.75, 3.05) is 0 Å². The molecule has 2 N–H and O–H groups in total. The Morgan fingerprint density at radius 1 is 1.18 bits per heavy atom. The van der Waals surface area contributed by atoms with E-state index in [-0.39, 0.29) is 11.6 Å². The second-order valence-electron chi connectivity index (χ2n) is 3.74. The summed E-state index contributed by atoms with van der Waals surface area (Å²) in [5, 5.41) is 0. The molecule has 0 amide bonds. The summed E-state index contributed by atoms with van der Waals surface area (Å²) < 4.78 is 39.6. The average molecular weight is 257 g/mol. The van der Waals surface area contributed by atoms with Gasteiger partial charge in [0.25, 0.3) is 0 Å². The van der Waals surface area contributed by atoms with Crippen molar-refractivity contribution in [3.8, 4) is 10.4 Å². The van der Waals surface area contributed by atoms with Crippen LogP contribution >= 0.6 is 11.3 Å². The maximum atomic E-state index is 13.5. The maximum absolute atomic E-state index is 13.5. The highest BCUT2D eigenvalue weighted by Gasteiger charge is 2.15. The molecular weight excluding hydrogens is 247 g/mol. The third kappa shape index (κ3) is 2.35. The predicted octanol–water partition coefficient (Wildman–Crippen LogP) is 3.85. The minimum Gasteiger partial charge on any atom is -0.324 e. The molecule has 0 radical (unpaired) electrons. The smallest absolute Gasteiger partial charge is 0.167 e. The lowest BCUT2D eigenvalue weighted by Gasteiger charge is -2.02. The van der Waals surface area contributed by atoms with Crippen LogP contribution in [0.3, 0.4) is 0 Å². The Bertz CT molecular complexity index is 549. The van der Waals surface area contributed by atoms with Gasteiger partial charge in [-0.25, -0.2) is 13.2 Å². The molecule has 0 spiro atoms. The first kappa shape index (κ1) is 12.1. The van der Waals surface area contributed by atoms with Gasteiger partial charge in [-0.2, -0.15) is 0 Å². The van der Waals surface area contributed by atoms with E-state index in [4.69, 9.17) is 5.73 Å². The van der Waals surface area contributed by atoms with Gasteiger partial charge in [-0.1, -0.05) is 0 Å². The molecule has 1 heterocycles. The summed E-state index contributed by atoms with van der Waals surface area (Å²) >= 11 is 1.23. The second-order valence-corrected chi connectivity index (χ2v) is 4.86. The molecule has 0 aliphatic heterocycles. The predicted molar refractivity (Wildman–Crippen MR) is 62.2 cm³/mol. The molecule has 90 valence electrons. The topological polar surface area (TPSA) is 26.0 Å². The minimum absolute atomic E-state index is 0.0700. The van der Waals surface area contributed by atoms with Crippen LogP contribution in [0.5, 0.6) is 0 Å². The summed E-state index contributed by atoms with van der Waals surface area (Å²) in [6.45, 7) is 1.79. The molecule has 0 fully saturated rings. The van der Waals surface area contributed by atoms with Crippen molar-refractivity contribution in [3.63, 3.8) is 0 Å². The highest BCUT2D eigenvalue weighted by molar-refractivity contribution is 7.15. The average Bonchev–Trinajstić information content (AvgIpc) is 2.72. The van der Waals surface area contributed by atoms with Crippen LogP contribution in [0.15, 0.2) is 24.3 Å². The van der Waals surface area contributed by atoms with Gasteiger partial charge in [-0.15, -0.1) is 11.3 Å². The fraction of sp³-hybridized carbons (Fsp3) is 0.167. The highest BCUT2D eigenvalue weighted by Crippen LogP contribution is 2.33. The number of benzene rings is 1. The molecule has 1 unspecified atom stereocenters. The van der Waals surface area contributed by atoms with E-state index >= 15 is 0 Å². The van der Waals surface area contributed by atoms with Crippen LogP contribution in [0.4, 0.5) is 13.2 Å². The third-order valence-electron chi connectivity index (χ3n) is 2.33.